The third kappa shape index (κ3) is 2.62. The van der Waals surface area contributed by atoms with Crippen molar-refractivity contribution in [2.75, 3.05) is 5.32 Å². The molecule has 0 aliphatic carbocycles. The Hall–Kier alpha value is -2.33. The summed E-state index contributed by atoms with van der Waals surface area (Å²) in [5.41, 5.74) is 3.78. The number of nitrogens with one attached hydrogen (secondary N) is 1. The topological polar surface area (TPSA) is 46.4 Å². The first-order valence-electron chi connectivity index (χ1n) is 6.57. The first-order chi connectivity index (χ1) is 10.0. The van der Waals surface area contributed by atoms with Crippen LogP contribution in [0.1, 0.15) is 21.7 Å². The highest BCUT2D eigenvalue weighted by Crippen LogP contribution is 2.17. The molecule has 21 heavy (non-hydrogen) atoms. The van der Waals surface area contributed by atoms with Crippen LogP contribution in [-0.2, 0) is 0 Å². The van der Waals surface area contributed by atoms with Crippen LogP contribution in [-0.4, -0.2) is 15.3 Å². The van der Waals surface area contributed by atoms with Gasteiger partial charge in [0.15, 0.2) is 0 Å². The number of amides is 1. The molecular formula is C16H14ClN3O. The van der Waals surface area contributed by atoms with E-state index in [9.17, 15) is 4.79 Å². The van der Waals surface area contributed by atoms with Gasteiger partial charge in [0, 0.05) is 16.9 Å². The lowest BCUT2D eigenvalue weighted by molar-refractivity contribution is 0.102. The molecule has 2 aromatic heterocycles. The predicted molar refractivity (Wildman–Crippen MR) is 84.1 cm³/mol. The zero-order valence-corrected chi connectivity index (χ0v) is 12.5. The molecule has 106 valence electrons. The van der Waals surface area contributed by atoms with Gasteiger partial charge in [0.25, 0.3) is 5.91 Å². The minimum Gasteiger partial charge on any atom is -0.321 e. The average molecular weight is 300 g/mol. The van der Waals surface area contributed by atoms with E-state index >= 15 is 0 Å². The minimum absolute atomic E-state index is 0.187. The summed E-state index contributed by atoms with van der Waals surface area (Å²) in [6.45, 7) is 3.81. The molecule has 0 saturated heterocycles. The van der Waals surface area contributed by atoms with E-state index in [1.807, 2.05) is 36.6 Å². The van der Waals surface area contributed by atoms with E-state index in [2.05, 4.69) is 10.3 Å². The molecular weight excluding hydrogens is 286 g/mol. The van der Waals surface area contributed by atoms with Crippen LogP contribution in [0.5, 0.6) is 0 Å². The van der Waals surface area contributed by atoms with Crippen LogP contribution >= 0.6 is 11.6 Å². The lowest BCUT2D eigenvalue weighted by Gasteiger charge is -2.06. The first kappa shape index (κ1) is 13.6. The van der Waals surface area contributed by atoms with Crippen LogP contribution in [0, 0.1) is 13.8 Å². The Bertz CT molecular complexity index is 821. The number of halogens is 1. The van der Waals surface area contributed by atoms with Crippen LogP contribution in [0.15, 0.2) is 42.6 Å². The molecule has 0 spiro atoms. The molecule has 5 heteroatoms. The average Bonchev–Trinajstić information content (AvgIpc) is 2.76. The molecule has 1 amide bonds. The van der Waals surface area contributed by atoms with Gasteiger partial charge in [-0.25, -0.2) is 4.98 Å². The number of imidazole rings is 1. The van der Waals surface area contributed by atoms with Crippen molar-refractivity contribution in [3.63, 3.8) is 0 Å². The van der Waals surface area contributed by atoms with Gasteiger partial charge in [0.2, 0.25) is 0 Å². The zero-order valence-electron chi connectivity index (χ0n) is 11.7. The summed E-state index contributed by atoms with van der Waals surface area (Å²) in [5.74, 6) is -0.187. The Kier molecular flexibility index (Phi) is 3.39. The number of anilines is 1. The Morgan fingerprint density at radius 1 is 1.14 bits per heavy atom. The highest BCUT2D eigenvalue weighted by atomic mass is 35.5. The Morgan fingerprint density at radius 2 is 1.86 bits per heavy atom. The maximum Gasteiger partial charge on any atom is 0.274 e. The van der Waals surface area contributed by atoms with E-state index in [1.54, 1.807) is 24.3 Å². The van der Waals surface area contributed by atoms with Crippen LogP contribution < -0.4 is 5.32 Å². The summed E-state index contributed by atoms with van der Waals surface area (Å²) in [4.78, 5) is 16.9. The SMILES string of the molecule is Cc1ccc2nc(C)c(C(=O)Nc3ccc(Cl)cc3)n2c1. The number of carbonyl (C=O) groups is 1. The van der Waals surface area contributed by atoms with E-state index in [-0.39, 0.29) is 5.91 Å². The molecule has 0 atom stereocenters. The van der Waals surface area contributed by atoms with E-state index in [4.69, 9.17) is 11.6 Å². The van der Waals surface area contributed by atoms with Gasteiger partial charge in [-0.1, -0.05) is 17.7 Å². The lowest BCUT2D eigenvalue weighted by Crippen LogP contribution is -2.15. The van der Waals surface area contributed by atoms with Crippen LogP contribution in [0.2, 0.25) is 5.02 Å². The molecule has 0 aliphatic rings. The number of nitrogens with zero attached hydrogens (tertiary/aromatic N) is 2. The normalized spacial score (nSPS) is 10.8. The van der Waals surface area contributed by atoms with Gasteiger partial charge in [0.05, 0.1) is 5.69 Å². The van der Waals surface area contributed by atoms with Gasteiger partial charge in [-0.3, -0.25) is 9.20 Å². The fourth-order valence-corrected chi connectivity index (χ4v) is 2.39. The summed E-state index contributed by atoms with van der Waals surface area (Å²) < 4.78 is 1.82. The number of fused-ring (bicyclic) bond motifs is 1. The summed E-state index contributed by atoms with van der Waals surface area (Å²) in [6.07, 6.45) is 1.91. The van der Waals surface area contributed by atoms with Crippen molar-refractivity contribution in [2.45, 2.75) is 13.8 Å². The van der Waals surface area contributed by atoms with Crippen molar-refractivity contribution in [2.24, 2.45) is 0 Å². The van der Waals surface area contributed by atoms with Crippen molar-refractivity contribution >= 4 is 28.8 Å². The van der Waals surface area contributed by atoms with Gasteiger partial charge in [-0.15, -0.1) is 0 Å². The zero-order chi connectivity index (χ0) is 15.0. The highest BCUT2D eigenvalue weighted by molar-refractivity contribution is 6.30. The minimum atomic E-state index is -0.187. The van der Waals surface area contributed by atoms with Gasteiger partial charge >= 0.3 is 0 Å². The second-order valence-electron chi connectivity index (χ2n) is 4.94. The molecule has 0 bridgehead atoms. The van der Waals surface area contributed by atoms with Crippen molar-refractivity contribution in [3.05, 3.63) is 64.6 Å². The fraction of sp³-hybridized carbons (Fsp3) is 0.125. The maximum absolute atomic E-state index is 12.5. The molecule has 4 nitrogen and oxygen atoms in total. The fourth-order valence-electron chi connectivity index (χ4n) is 2.27. The third-order valence-corrected chi connectivity index (χ3v) is 3.51. The predicted octanol–water partition coefficient (Wildman–Crippen LogP) is 3.86. The number of carbonyl (C=O) groups excluding carboxylic acids is 1. The summed E-state index contributed by atoms with van der Waals surface area (Å²) >= 11 is 5.84. The monoisotopic (exact) mass is 299 g/mol. The standard InChI is InChI=1S/C16H14ClN3O/c1-10-3-8-14-18-11(2)15(20(14)9-10)16(21)19-13-6-4-12(17)5-7-13/h3-9H,1-2H3,(H,19,21). The molecule has 3 rings (SSSR count). The summed E-state index contributed by atoms with van der Waals surface area (Å²) in [5, 5.41) is 3.50. The quantitative estimate of drug-likeness (QED) is 0.781. The molecule has 3 aromatic rings. The number of benzene rings is 1. The van der Waals surface area contributed by atoms with Crippen molar-refractivity contribution in [3.8, 4) is 0 Å². The first-order valence-corrected chi connectivity index (χ1v) is 6.94. The molecule has 1 aromatic carbocycles. The largest absolute Gasteiger partial charge is 0.321 e. The molecule has 0 radical (unpaired) electrons. The lowest BCUT2D eigenvalue weighted by atomic mass is 10.2. The van der Waals surface area contributed by atoms with Crippen molar-refractivity contribution < 1.29 is 4.79 Å². The summed E-state index contributed by atoms with van der Waals surface area (Å²) in [6, 6.07) is 10.9. The Morgan fingerprint density at radius 3 is 2.57 bits per heavy atom. The van der Waals surface area contributed by atoms with Gasteiger partial charge < -0.3 is 5.32 Å². The Labute approximate surface area is 127 Å². The highest BCUT2D eigenvalue weighted by Gasteiger charge is 2.16. The third-order valence-electron chi connectivity index (χ3n) is 3.26. The Balaban J connectivity index is 1.99. The molecule has 0 unspecified atom stereocenters. The molecule has 2 heterocycles. The van der Waals surface area contributed by atoms with Crippen molar-refractivity contribution in [1.82, 2.24) is 9.38 Å². The molecule has 0 fully saturated rings. The molecule has 0 aliphatic heterocycles. The smallest absolute Gasteiger partial charge is 0.274 e. The second-order valence-corrected chi connectivity index (χ2v) is 5.38. The number of aryl methyl sites for hydroxylation is 2. The van der Waals surface area contributed by atoms with E-state index in [0.717, 1.165) is 11.2 Å². The van der Waals surface area contributed by atoms with Gasteiger partial charge in [-0.2, -0.15) is 0 Å². The number of aromatic nitrogens is 2. The number of hydrogen-bond acceptors (Lipinski definition) is 2. The summed E-state index contributed by atoms with van der Waals surface area (Å²) in [7, 11) is 0. The molecule has 1 N–H and O–H groups in total. The number of pyridine rings is 1. The van der Waals surface area contributed by atoms with E-state index < -0.39 is 0 Å². The van der Waals surface area contributed by atoms with Crippen LogP contribution in [0.4, 0.5) is 5.69 Å². The van der Waals surface area contributed by atoms with Gasteiger partial charge in [-0.05, 0) is 49.7 Å². The van der Waals surface area contributed by atoms with Crippen LogP contribution in [0.3, 0.4) is 0 Å². The van der Waals surface area contributed by atoms with E-state index in [1.165, 1.54) is 0 Å². The van der Waals surface area contributed by atoms with E-state index in [0.29, 0.717) is 22.1 Å². The number of hydrogen-bond donors (Lipinski definition) is 1. The van der Waals surface area contributed by atoms with Crippen molar-refractivity contribution in [1.29, 1.82) is 0 Å². The van der Waals surface area contributed by atoms with Crippen LogP contribution in [0.25, 0.3) is 5.65 Å². The number of rotatable bonds is 2. The molecule has 0 saturated carbocycles. The second kappa shape index (κ2) is 5.22. The maximum atomic E-state index is 12.5. The van der Waals surface area contributed by atoms with Gasteiger partial charge in [0.1, 0.15) is 11.3 Å².